The first-order valence-electron chi connectivity index (χ1n) is 7.30. The van der Waals surface area contributed by atoms with Crippen LogP contribution in [0.2, 0.25) is 0 Å². The summed E-state index contributed by atoms with van der Waals surface area (Å²) in [6.07, 6.45) is 4.16. The summed E-state index contributed by atoms with van der Waals surface area (Å²) in [6.45, 7) is 0. The zero-order valence-corrected chi connectivity index (χ0v) is 12.0. The van der Waals surface area contributed by atoms with Gasteiger partial charge in [-0.3, -0.25) is 0 Å². The van der Waals surface area contributed by atoms with Crippen molar-refractivity contribution in [2.24, 2.45) is 0 Å². The van der Waals surface area contributed by atoms with E-state index in [1.807, 2.05) is 66.9 Å². The van der Waals surface area contributed by atoms with Crippen LogP contribution in [0, 0.1) is 0 Å². The summed E-state index contributed by atoms with van der Waals surface area (Å²) in [4.78, 5) is 0. The number of pyridine rings is 1. The van der Waals surface area contributed by atoms with Crippen LogP contribution >= 0.6 is 0 Å². The molecule has 22 heavy (non-hydrogen) atoms. The van der Waals surface area contributed by atoms with Crippen molar-refractivity contribution in [3.05, 3.63) is 91.3 Å². The molecule has 0 aliphatic rings. The zero-order chi connectivity index (χ0) is 14.8. The van der Waals surface area contributed by atoms with E-state index in [9.17, 15) is 0 Å². The molecule has 2 nitrogen and oxygen atoms in total. The summed E-state index contributed by atoms with van der Waals surface area (Å²) in [7, 11) is 0. The molecule has 0 saturated carbocycles. The quantitative estimate of drug-likeness (QED) is 0.491. The van der Waals surface area contributed by atoms with Gasteiger partial charge in [-0.1, -0.05) is 54.6 Å². The van der Waals surface area contributed by atoms with Crippen LogP contribution in [0.15, 0.2) is 91.3 Å². The maximum Gasteiger partial charge on any atom is 0.160 e. The van der Waals surface area contributed by atoms with Crippen molar-refractivity contribution in [3.63, 3.8) is 0 Å². The van der Waals surface area contributed by atoms with E-state index in [1.54, 1.807) is 0 Å². The van der Waals surface area contributed by atoms with Crippen LogP contribution in [0.4, 0.5) is 0 Å². The molecule has 4 rings (SSSR count). The van der Waals surface area contributed by atoms with Crippen molar-refractivity contribution in [3.8, 4) is 22.6 Å². The second kappa shape index (κ2) is 5.41. The van der Waals surface area contributed by atoms with Crippen molar-refractivity contribution in [2.75, 3.05) is 0 Å². The predicted octanol–water partition coefficient (Wildman–Crippen LogP) is 5.40. The molecule has 0 bridgehead atoms. The zero-order valence-electron chi connectivity index (χ0n) is 12.0. The smallest absolute Gasteiger partial charge is 0.160 e. The standard InChI is InChI=1S/C20H15NO/c1-3-9-16(10-4-1)18-15-21-14-8-7-13-19(21)20(18)22-17-11-5-2-6-12-17/h1-15H. The van der Waals surface area contributed by atoms with Crippen LogP contribution in [0.1, 0.15) is 0 Å². The Hall–Kier alpha value is -3.00. The topological polar surface area (TPSA) is 13.6 Å². The highest BCUT2D eigenvalue weighted by Crippen LogP contribution is 2.38. The molecule has 2 aromatic carbocycles. The number of nitrogens with zero attached hydrogens (tertiary/aromatic N) is 1. The van der Waals surface area contributed by atoms with Gasteiger partial charge in [0, 0.05) is 18.0 Å². The van der Waals surface area contributed by atoms with Gasteiger partial charge in [-0.2, -0.15) is 0 Å². The molecule has 0 spiro atoms. The lowest BCUT2D eigenvalue weighted by Gasteiger charge is -2.08. The molecule has 0 amide bonds. The highest BCUT2D eigenvalue weighted by atomic mass is 16.5. The van der Waals surface area contributed by atoms with Crippen LogP contribution < -0.4 is 4.74 Å². The maximum absolute atomic E-state index is 6.20. The number of fused-ring (bicyclic) bond motifs is 1. The molecule has 0 unspecified atom stereocenters. The Kier molecular flexibility index (Phi) is 3.13. The van der Waals surface area contributed by atoms with Gasteiger partial charge >= 0.3 is 0 Å². The fourth-order valence-corrected chi connectivity index (χ4v) is 2.63. The Bertz CT molecular complexity index is 895. The van der Waals surface area contributed by atoms with E-state index in [1.165, 1.54) is 0 Å². The van der Waals surface area contributed by atoms with Crippen molar-refractivity contribution >= 4 is 5.52 Å². The highest BCUT2D eigenvalue weighted by molar-refractivity contribution is 5.81. The largest absolute Gasteiger partial charge is 0.454 e. The third-order valence-electron chi connectivity index (χ3n) is 3.68. The Balaban J connectivity index is 1.91. The second-order valence-electron chi connectivity index (χ2n) is 5.15. The number of aromatic nitrogens is 1. The van der Waals surface area contributed by atoms with E-state index < -0.39 is 0 Å². The van der Waals surface area contributed by atoms with E-state index in [4.69, 9.17) is 4.74 Å². The molecule has 0 aliphatic heterocycles. The van der Waals surface area contributed by atoms with Crippen molar-refractivity contribution in [2.45, 2.75) is 0 Å². The van der Waals surface area contributed by atoms with Gasteiger partial charge in [0.15, 0.2) is 5.75 Å². The molecule has 2 aromatic heterocycles. The first kappa shape index (κ1) is 12.7. The lowest BCUT2D eigenvalue weighted by atomic mass is 10.1. The summed E-state index contributed by atoms with van der Waals surface area (Å²) in [5.74, 6) is 1.73. The van der Waals surface area contributed by atoms with E-state index in [0.717, 1.165) is 28.1 Å². The maximum atomic E-state index is 6.20. The van der Waals surface area contributed by atoms with Gasteiger partial charge in [-0.25, -0.2) is 0 Å². The molecule has 0 N–H and O–H groups in total. The van der Waals surface area contributed by atoms with Gasteiger partial charge in [0.05, 0.1) is 5.52 Å². The summed E-state index contributed by atoms with van der Waals surface area (Å²) in [5, 5.41) is 0. The molecule has 4 aromatic rings. The first-order valence-corrected chi connectivity index (χ1v) is 7.30. The Morgan fingerprint density at radius 1 is 0.682 bits per heavy atom. The minimum absolute atomic E-state index is 0.844. The molecule has 0 saturated heterocycles. The second-order valence-corrected chi connectivity index (χ2v) is 5.15. The van der Waals surface area contributed by atoms with Gasteiger partial charge in [0.2, 0.25) is 0 Å². The summed E-state index contributed by atoms with van der Waals surface area (Å²) in [5.41, 5.74) is 3.30. The fraction of sp³-hybridized carbons (Fsp3) is 0. The molecular formula is C20H15NO. The number of ether oxygens (including phenoxy) is 1. The summed E-state index contributed by atoms with van der Waals surface area (Å²) in [6, 6.07) is 26.3. The summed E-state index contributed by atoms with van der Waals surface area (Å²) >= 11 is 0. The highest BCUT2D eigenvalue weighted by Gasteiger charge is 2.14. The van der Waals surface area contributed by atoms with E-state index in [0.29, 0.717) is 0 Å². The van der Waals surface area contributed by atoms with Crippen molar-refractivity contribution in [1.29, 1.82) is 0 Å². The number of hydrogen-bond donors (Lipinski definition) is 0. The first-order chi connectivity index (χ1) is 10.9. The average molecular weight is 285 g/mol. The van der Waals surface area contributed by atoms with Crippen LogP contribution in [-0.4, -0.2) is 4.40 Å². The molecular weight excluding hydrogens is 270 g/mol. The molecule has 0 atom stereocenters. The van der Waals surface area contributed by atoms with E-state index in [-0.39, 0.29) is 0 Å². The minimum atomic E-state index is 0.844. The number of para-hydroxylation sites is 1. The fourth-order valence-electron chi connectivity index (χ4n) is 2.63. The molecule has 2 heterocycles. The third-order valence-corrected chi connectivity index (χ3v) is 3.68. The van der Waals surface area contributed by atoms with Gasteiger partial charge in [-0.05, 0) is 29.8 Å². The normalized spacial score (nSPS) is 10.7. The summed E-state index contributed by atoms with van der Waals surface area (Å²) < 4.78 is 8.29. The minimum Gasteiger partial charge on any atom is -0.454 e. The van der Waals surface area contributed by atoms with Crippen LogP contribution in [-0.2, 0) is 0 Å². The van der Waals surface area contributed by atoms with Crippen LogP contribution in [0.25, 0.3) is 16.6 Å². The Morgan fingerprint density at radius 2 is 1.36 bits per heavy atom. The lowest BCUT2D eigenvalue weighted by Crippen LogP contribution is -1.86. The molecule has 0 fully saturated rings. The van der Waals surface area contributed by atoms with Gasteiger partial charge in [0.1, 0.15) is 5.75 Å². The molecule has 106 valence electrons. The Morgan fingerprint density at radius 3 is 2.14 bits per heavy atom. The predicted molar refractivity (Wildman–Crippen MR) is 89.3 cm³/mol. The van der Waals surface area contributed by atoms with Gasteiger partial charge in [-0.15, -0.1) is 0 Å². The monoisotopic (exact) mass is 285 g/mol. The molecule has 2 heteroatoms. The number of rotatable bonds is 3. The van der Waals surface area contributed by atoms with Crippen LogP contribution in [0.3, 0.4) is 0 Å². The van der Waals surface area contributed by atoms with Crippen LogP contribution in [0.5, 0.6) is 11.5 Å². The average Bonchev–Trinajstić information content (AvgIpc) is 2.95. The Labute approximate surface area is 129 Å². The van der Waals surface area contributed by atoms with Gasteiger partial charge in [0.25, 0.3) is 0 Å². The van der Waals surface area contributed by atoms with Crippen molar-refractivity contribution < 1.29 is 4.74 Å². The SMILES string of the molecule is c1ccc(Oc2c(-c3ccccc3)cn3ccccc23)cc1. The molecule has 0 radical (unpaired) electrons. The van der Waals surface area contributed by atoms with Crippen molar-refractivity contribution in [1.82, 2.24) is 4.40 Å². The van der Waals surface area contributed by atoms with E-state index >= 15 is 0 Å². The van der Waals surface area contributed by atoms with E-state index in [2.05, 4.69) is 28.8 Å². The lowest BCUT2D eigenvalue weighted by molar-refractivity contribution is 0.490. The van der Waals surface area contributed by atoms with Gasteiger partial charge < -0.3 is 9.14 Å². The number of hydrogen-bond acceptors (Lipinski definition) is 1. The third kappa shape index (κ3) is 2.25. The number of benzene rings is 2. The molecule has 0 aliphatic carbocycles.